The van der Waals surface area contributed by atoms with Crippen LogP contribution in [0.25, 0.3) is 6.08 Å². The van der Waals surface area contributed by atoms with Crippen molar-refractivity contribution in [3.8, 4) is 0 Å². The first kappa shape index (κ1) is 21.6. The molecule has 0 aromatic heterocycles. The number of piperazine rings is 1. The van der Waals surface area contributed by atoms with Crippen LogP contribution in [0.5, 0.6) is 0 Å². The Kier molecular flexibility index (Phi) is 7.28. The molecular formula is C25H31N3O2. The van der Waals surface area contributed by atoms with Crippen LogP contribution in [-0.2, 0) is 9.59 Å². The van der Waals surface area contributed by atoms with Gasteiger partial charge < -0.3 is 15.1 Å². The monoisotopic (exact) mass is 405 g/mol. The van der Waals surface area contributed by atoms with Crippen molar-refractivity contribution in [2.45, 2.75) is 33.1 Å². The predicted octanol–water partition coefficient (Wildman–Crippen LogP) is 4.52. The third-order valence-corrected chi connectivity index (χ3v) is 5.47. The van der Waals surface area contributed by atoms with Gasteiger partial charge in [0, 0.05) is 38.7 Å². The van der Waals surface area contributed by atoms with Crippen LogP contribution in [0.3, 0.4) is 0 Å². The number of para-hydroxylation sites is 2. The second-order valence-electron chi connectivity index (χ2n) is 7.88. The minimum absolute atomic E-state index is 0.157. The van der Waals surface area contributed by atoms with E-state index in [9.17, 15) is 9.59 Å². The molecule has 5 heteroatoms. The number of anilines is 2. The van der Waals surface area contributed by atoms with Crippen LogP contribution >= 0.6 is 0 Å². The first-order valence-corrected chi connectivity index (χ1v) is 10.7. The number of amides is 2. The molecule has 1 aliphatic heterocycles. The molecule has 0 bridgehead atoms. The minimum Gasteiger partial charge on any atom is -0.366 e. The Balaban J connectivity index is 1.63. The Morgan fingerprint density at radius 2 is 1.67 bits per heavy atom. The first-order valence-electron chi connectivity index (χ1n) is 10.7. The number of hydrogen-bond acceptors (Lipinski definition) is 3. The largest absolute Gasteiger partial charge is 0.366 e. The van der Waals surface area contributed by atoms with E-state index >= 15 is 0 Å². The molecule has 1 aliphatic rings. The lowest BCUT2D eigenvalue weighted by atomic mass is 10.0. The number of hydrogen-bond donors (Lipinski definition) is 1. The van der Waals surface area contributed by atoms with E-state index in [0.29, 0.717) is 25.4 Å². The molecule has 5 nitrogen and oxygen atoms in total. The summed E-state index contributed by atoms with van der Waals surface area (Å²) in [5, 5.41) is 3.00. The van der Waals surface area contributed by atoms with Crippen LogP contribution in [0.15, 0.2) is 54.6 Å². The molecule has 0 unspecified atom stereocenters. The van der Waals surface area contributed by atoms with Gasteiger partial charge in [0.15, 0.2) is 0 Å². The van der Waals surface area contributed by atoms with Crippen molar-refractivity contribution in [1.29, 1.82) is 0 Å². The summed E-state index contributed by atoms with van der Waals surface area (Å²) in [5.74, 6) is 0.530. The van der Waals surface area contributed by atoms with E-state index in [1.54, 1.807) is 6.08 Å². The molecule has 1 heterocycles. The van der Waals surface area contributed by atoms with Gasteiger partial charge in [0.25, 0.3) is 0 Å². The molecule has 2 amide bonds. The maximum atomic E-state index is 12.5. The van der Waals surface area contributed by atoms with Crippen molar-refractivity contribution < 1.29 is 9.59 Å². The van der Waals surface area contributed by atoms with Gasteiger partial charge in [-0.1, -0.05) is 57.2 Å². The van der Waals surface area contributed by atoms with Gasteiger partial charge in [-0.2, -0.15) is 0 Å². The van der Waals surface area contributed by atoms with E-state index in [1.165, 1.54) is 5.56 Å². The molecule has 0 atom stereocenters. The van der Waals surface area contributed by atoms with E-state index in [1.807, 2.05) is 54.3 Å². The zero-order valence-corrected chi connectivity index (χ0v) is 18.1. The number of benzene rings is 2. The van der Waals surface area contributed by atoms with Crippen molar-refractivity contribution in [2.24, 2.45) is 0 Å². The molecule has 158 valence electrons. The molecular weight excluding hydrogens is 374 g/mol. The Bertz CT molecular complexity index is 895. The molecule has 1 saturated heterocycles. The summed E-state index contributed by atoms with van der Waals surface area (Å²) in [6.07, 6.45) is 3.94. The SMILES string of the molecule is CCC(=O)N1CCN(c2ccccc2NC(=O)/C=C/c2ccc(C(C)C)cc2)CC1. The zero-order valence-electron chi connectivity index (χ0n) is 18.1. The fraction of sp³-hybridized carbons (Fsp3) is 0.360. The summed E-state index contributed by atoms with van der Waals surface area (Å²) in [5.41, 5.74) is 4.06. The Hall–Kier alpha value is -3.08. The van der Waals surface area contributed by atoms with Gasteiger partial charge >= 0.3 is 0 Å². The minimum atomic E-state index is -0.157. The lowest BCUT2D eigenvalue weighted by Gasteiger charge is -2.36. The van der Waals surface area contributed by atoms with Crippen molar-refractivity contribution in [3.05, 3.63) is 65.7 Å². The molecule has 1 N–H and O–H groups in total. The third kappa shape index (κ3) is 5.50. The lowest BCUT2D eigenvalue weighted by Crippen LogP contribution is -2.48. The molecule has 0 saturated carbocycles. The predicted molar refractivity (Wildman–Crippen MR) is 124 cm³/mol. The molecule has 0 aliphatic carbocycles. The van der Waals surface area contributed by atoms with Gasteiger partial charge in [0.2, 0.25) is 11.8 Å². The van der Waals surface area contributed by atoms with Crippen molar-refractivity contribution in [3.63, 3.8) is 0 Å². The highest BCUT2D eigenvalue weighted by Gasteiger charge is 2.21. The highest BCUT2D eigenvalue weighted by molar-refractivity contribution is 6.03. The van der Waals surface area contributed by atoms with Crippen LogP contribution in [0, 0.1) is 0 Å². The fourth-order valence-corrected chi connectivity index (χ4v) is 3.61. The highest BCUT2D eigenvalue weighted by atomic mass is 16.2. The zero-order chi connectivity index (χ0) is 21.5. The van der Waals surface area contributed by atoms with E-state index in [0.717, 1.165) is 30.0 Å². The molecule has 0 radical (unpaired) electrons. The van der Waals surface area contributed by atoms with Crippen LogP contribution in [0.1, 0.15) is 44.2 Å². The van der Waals surface area contributed by atoms with Gasteiger partial charge in [-0.15, -0.1) is 0 Å². The van der Waals surface area contributed by atoms with Crippen molar-refractivity contribution in [2.75, 3.05) is 36.4 Å². The second kappa shape index (κ2) is 10.1. The standard InChI is InChI=1S/C25H31N3O2/c1-4-25(30)28-17-15-27(16-18-28)23-8-6-5-7-22(23)26-24(29)14-11-20-9-12-21(13-10-20)19(2)3/h5-14,19H,4,15-18H2,1-3H3,(H,26,29)/b14-11+. The van der Waals surface area contributed by atoms with Gasteiger partial charge in [-0.3, -0.25) is 9.59 Å². The number of carbonyl (C=O) groups is 2. The molecule has 2 aromatic carbocycles. The lowest BCUT2D eigenvalue weighted by molar-refractivity contribution is -0.131. The topological polar surface area (TPSA) is 52.7 Å². The molecule has 3 rings (SSSR count). The highest BCUT2D eigenvalue weighted by Crippen LogP contribution is 2.27. The first-order chi connectivity index (χ1) is 14.5. The van der Waals surface area contributed by atoms with E-state index in [-0.39, 0.29) is 11.8 Å². The van der Waals surface area contributed by atoms with Gasteiger partial charge in [0.1, 0.15) is 0 Å². The second-order valence-corrected chi connectivity index (χ2v) is 7.88. The average molecular weight is 406 g/mol. The average Bonchev–Trinajstić information content (AvgIpc) is 2.78. The number of nitrogens with one attached hydrogen (secondary N) is 1. The number of nitrogens with zero attached hydrogens (tertiary/aromatic N) is 2. The normalized spacial score (nSPS) is 14.4. The van der Waals surface area contributed by atoms with E-state index < -0.39 is 0 Å². The van der Waals surface area contributed by atoms with E-state index in [2.05, 4.69) is 36.2 Å². The van der Waals surface area contributed by atoms with Gasteiger partial charge in [-0.05, 0) is 35.3 Å². The maximum absolute atomic E-state index is 12.5. The summed E-state index contributed by atoms with van der Waals surface area (Å²) in [6.45, 7) is 9.16. The van der Waals surface area contributed by atoms with Crippen LogP contribution < -0.4 is 10.2 Å². The quantitative estimate of drug-likeness (QED) is 0.719. The van der Waals surface area contributed by atoms with E-state index in [4.69, 9.17) is 0 Å². The summed E-state index contributed by atoms with van der Waals surface area (Å²) in [4.78, 5) is 28.5. The van der Waals surface area contributed by atoms with Crippen molar-refractivity contribution in [1.82, 2.24) is 4.90 Å². The van der Waals surface area contributed by atoms with Crippen LogP contribution in [0.4, 0.5) is 11.4 Å². The molecule has 1 fully saturated rings. The Morgan fingerprint density at radius 3 is 2.30 bits per heavy atom. The Labute approximate surface area is 179 Å². The van der Waals surface area contributed by atoms with Crippen LogP contribution in [0.2, 0.25) is 0 Å². The molecule has 2 aromatic rings. The summed E-state index contributed by atoms with van der Waals surface area (Å²) in [6, 6.07) is 16.1. The molecule has 30 heavy (non-hydrogen) atoms. The number of rotatable bonds is 6. The third-order valence-electron chi connectivity index (χ3n) is 5.47. The Morgan fingerprint density at radius 1 is 1.00 bits per heavy atom. The smallest absolute Gasteiger partial charge is 0.248 e. The maximum Gasteiger partial charge on any atom is 0.248 e. The summed E-state index contributed by atoms with van der Waals surface area (Å²) >= 11 is 0. The number of carbonyl (C=O) groups excluding carboxylic acids is 2. The van der Waals surface area contributed by atoms with Crippen molar-refractivity contribution >= 4 is 29.3 Å². The summed E-state index contributed by atoms with van der Waals surface area (Å²) in [7, 11) is 0. The molecule has 0 spiro atoms. The summed E-state index contributed by atoms with van der Waals surface area (Å²) < 4.78 is 0. The van der Waals surface area contributed by atoms with Crippen LogP contribution in [-0.4, -0.2) is 42.9 Å². The van der Waals surface area contributed by atoms with Gasteiger partial charge in [0.05, 0.1) is 11.4 Å². The fourth-order valence-electron chi connectivity index (χ4n) is 3.61. The van der Waals surface area contributed by atoms with Gasteiger partial charge in [-0.25, -0.2) is 0 Å².